The molecule has 1 aromatic heterocycles. The van der Waals surface area contributed by atoms with Gasteiger partial charge in [-0.05, 0) is 30.5 Å². The summed E-state index contributed by atoms with van der Waals surface area (Å²) in [5.41, 5.74) is 2.29. The van der Waals surface area contributed by atoms with Crippen molar-refractivity contribution < 1.29 is 5.11 Å². The molecule has 19 heavy (non-hydrogen) atoms. The molecule has 4 heteroatoms. The minimum atomic E-state index is -0.201. The molecule has 2 unspecified atom stereocenters. The van der Waals surface area contributed by atoms with E-state index in [4.69, 9.17) is 11.6 Å². The van der Waals surface area contributed by atoms with Gasteiger partial charge in [-0.2, -0.15) is 0 Å². The lowest BCUT2D eigenvalue weighted by atomic mass is 9.92. The van der Waals surface area contributed by atoms with Crippen LogP contribution >= 0.6 is 11.6 Å². The number of aliphatic hydroxyl groups is 1. The molecule has 0 bridgehead atoms. The van der Waals surface area contributed by atoms with Crippen LogP contribution in [0.2, 0.25) is 5.02 Å². The number of benzene rings is 1. The first-order valence-electron chi connectivity index (χ1n) is 6.91. The zero-order chi connectivity index (χ0) is 13.2. The number of rotatable bonds is 3. The van der Waals surface area contributed by atoms with Gasteiger partial charge in [-0.3, -0.25) is 0 Å². The number of fused-ring (bicyclic) bond motifs is 1. The predicted molar refractivity (Wildman–Crippen MR) is 78.4 cm³/mol. The Labute approximate surface area is 118 Å². The van der Waals surface area contributed by atoms with Crippen LogP contribution in [0.5, 0.6) is 0 Å². The zero-order valence-electron chi connectivity index (χ0n) is 10.8. The molecule has 3 N–H and O–H groups in total. The Bertz CT molecular complexity index is 566. The number of aromatic amines is 1. The maximum atomic E-state index is 9.96. The summed E-state index contributed by atoms with van der Waals surface area (Å²) in [6, 6.07) is 6.13. The summed E-state index contributed by atoms with van der Waals surface area (Å²) in [6.07, 6.45) is 6.15. The highest BCUT2D eigenvalue weighted by atomic mass is 35.5. The minimum absolute atomic E-state index is 0.201. The van der Waals surface area contributed by atoms with Crippen molar-refractivity contribution in [1.29, 1.82) is 0 Å². The van der Waals surface area contributed by atoms with Gasteiger partial charge in [-0.1, -0.05) is 30.5 Å². The molecule has 0 amide bonds. The van der Waals surface area contributed by atoms with E-state index in [2.05, 4.69) is 10.3 Å². The molecule has 0 saturated heterocycles. The third-order valence-corrected chi connectivity index (χ3v) is 4.25. The van der Waals surface area contributed by atoms with Crippen LogP contribution in [0, 0.1) is 0 Å². The van der Waals surface area contributed by atoms with Crippen LogP contribution in [0.25, 0.3) is 10.9 Å². The summed E-state index contributed by atoms with van der Waals surface area (Å²) < 4.78 is 0. The first-order valence-corrected chi connectivity index (χ1v) is 7.29. The maximum absolute atomic E-state index is 9.96. The summed E-state index contributed by atoms with van der Waals surface area (Å²) in [4.78, 5) is 3.24. The van der Waals surface area contributed by atoms with E-state index >= 15 is 0 Å². The van der Waals surface area contributed by atoms with Crippen molar-refractivity contribution in [1.82, 2.24) is 10.3 Å². The van der Waals surface area contributed by atoms with E-state index in [1.165, 1.54) is 17.4 Å². The van der Waals surface area contributed by atoms with Crippen molar-refractivity contribution in [2.75, 3.05) is 0 Å². The molecule has 3 nitrogen and oxygen atoms in total. The van der Waals surface area contributed by atoms with E-state index < -0.39 is 0 Å². The number of nitrogens with one attached hydrogen (secondary N) is 2. The summed E-state index contributed by atoms with van der Waals surface area (Å²) in [7, 11) is 0. The molecule has 0 spiro atoms. The van der Waals surface area contributed by atoms with E-state index in [9.17, 15) is 5.11 Å². The third kappa shape index (κ3) is 2.78. The second-order valence-electron chi connectivity index (χ2n) is 5.34. The summed E-state index contributed by atoms with van der Waals surface area (Å²) >= 11 is 5.98. The lowest BCUT2D eigenvalue weighted by Crippen LogP contribution is -2.41. The Balaban J connectivity index is 1.71. The average Bonchev–Trinajstić information content (AvgIpc) is 2.80. The van der Waals surface area contributed by atoms with E-state index in [1.54, 1.807) is 0 Å². The molecule has 1 aliphatic rings. The molecule has 2 aromatic rings. The fourth-order valence-corrected chi connectivity index (χ4v) is 3.07. The number of hydrogen-bond acceptors (Lipinski definition) is 2. The molecule has 1 fully saturated rings. The van der Waals surface area contributed by atoms with Crippen molar-refractivity contribution in [2.45, 2.75) is 44.4 Å². The van der Waals surface area contributed by atoms with Gasteiger partial charge in [0.25, 0.3) is 0 Å². The van der Waals surface area contributed by atoms with E-state index in [-0.39, 0.29) is 12.1 Å². The van der Waals surface area contributed by atoms with Gasteiger partial charge in [0.15, 0.2) is 0 Å². The normalized spacial score (nSPS) is 23.9. The SMILES string of the molecule is OC1CCCCC1NCc1c[nH]c2cc(Cl)ccc12. The molecule has 0 aliphatic heterocycles. The average molecular weight is 279 g/mol. The van der Waals surface area contributed by atoms with Crippen molar-refractivity contribution >= 4 is 22.5 Å². The summed E-state index contributed by atoms with van der Waals surface area (Å²) in [6.45, 7) is 0.781. The van der Waals surface area contributed by atoms with E-state index in [1.807, 2.05) is 24.4 Å². The van der Waals surface area contributed by atoms with Gasteiger partial charge in [0.1, 0.15) is 0 Å². The molecule has 1 saturated carbocycles. The number of halogens is 1. The van der Waals surface area contributed by atoms with Crippen LogP contribution in [0.4, 0.5) is 0 Å². The van der Waals surface area contributed by atoms with E-state index in [0.717, 1.165) is 36.3 Å². The molecule has 0 radical (unpaired) electrons. The minimum Gasteiger partial charge on any atom is -0.392 e. The maximum Gasteiger partial charge on any atom is 0.0693 e. The largest absolute Gasteiger partial charge is 0.392 e. The van der Waals surface area contributed by atoms with Gasteiger partial charge in [-0.15, -0.1) is 0 Å². The highest BCUT2D eigenvalue weighted by Gasteiger charge is 2.22. The van der Waals surface area contributed by atoms with Crippen LogP contribution in [0.3, 0.4) is 0 Å². The monoisotopic (exact) mass is 278 g/mol. The lowest BCUT2D eigenvalue weighted by Gasteiger charge is -2.28. The molecular formula is C15H19ClN2O. The number of hydrogen-bond donors (Lipinski definition) is 3. The fourth-order valence-electron chi connectivity index (χ4n) is 2.90. The Morgan fingerprint density at radius 2 is 2.16 bits per heavy atom. The van der Waals surface area contributed by atoms with Gasteiger partial charge >= 0.3 is 0 Å². The van der Waals surface area contributed by atoms with Crippen LogP contribution < -0.4 is 5.32 Å². The molecule has 102 valence electrons. The second kappa shape index (κ2) is 5.53. The Kier molecular flexibility index (Phi) is 3.78. The fraction of sp³-hybridized carbons (Fsp3) is 0.467. The first kappa shape index (κ1) is 13.0. The Hall–Kier alpha value is -1.03. The topological polar surface area (TPSA) is 48.0 Å². The van der Waals surface area contributed by atoms with Crippen LogP contribution in [0.15, 0.2) is 24.4 Å². The van der Waals surface area contributed by atoms with Gasteiger partial charge in [0.05, 0.1) is 6.10 Å². The third-order valence-electron chi connectivity index (χ3n) is 4.01. The summed E-state index contributed by atoms with van der Waals surface area (Å²) in [5, 5.41) is 15.4. The van der Waals surface area contributed by atoms with Crippen molar-refractivity contribution in [2.24, 2.45) is 0 Å². The number of H-pyrrole nitrogens is 1. The molecule has 3 rings (SSSR count). The molecule has 1 heterocycles. The second-order valence-corrected chi connectivity index (χ2v) is 5.78. The van der Waals surface area contributed by atoms with Gasteiger partial charge < -0.3 is 15.4 Å². The highest BCUT2D eigenvalue weighted by Crippen LogP contribution is 2.23. The Morgan fingerprint density at radius 1 is 1.32 bits per heavy atom. The first-order chi connectivity index (χ1) is 9.24. The number of aliphatic hydroxyl groups excluding tert-OH is 1. The highest BCUT2D eigenvalue weighted by molar-refractivity contribution is 6.31. The van der Waals surface area contributed by atoms with Crippen LogP contribution in [0.1, 0.15) is 31.2 Å². The van der Waals surface area contributed by atoms with Crippen LogP contribution in [-0.4, -0.2) is 22.2 Å². The van der Waals surface area contributed by atoms with Gasteiger partial charge in [0, 0.05) is 34.7 Å². The standard InChI is InChI=1S/C15H19ClN2O/c16-11-5-6-12-10(9-18-14(12)7-11)8-17-13-3-1-2-4-15(13)19/h5-7,9,13,15,17-19H,1-4,8H2. The van der Waals surface area contributed by atoms with Crippen LogP contribution in [-0.2, 0) is 6.54 Å². The van der Waals surface area contributed by atoms with Crippen molar-refractivity contribution in [3.63, 3.8) is 0 Å². The smallest absolute Gasteiger partial charge is 0.0693 e. The lowest BCUT2D eigenvalue weighted by molar-refractivity contribution is 0.0903. The van der Waals surface area contributed by atoms with Gasteiger partial charge in [0.2, 0.25) is 0 Å². The molecular weight excluding hydrogens is 260 g/mol. The molecule has 1 aliphatic carbocycles. The van der Waals surface area contributed by atoms with Gasteiger partial charge in [-0.25, -0.2) is 0 Å². The van der Waals surface area contributed by atoms with Crippen molar-refractivity contribution in [3.05, 3.63) is 35.0 Å². The zero-order valence-corrected chi connectivity index (χ0v) is 11.6. The molecule has 2 atom stereocenters. The number of aromatic nitrogens is 1. The molecule has 1 aromatic carbocycles. The Morgan fingerprint density at radius 3 is 3.00 bits per heavy atom. The summed E-state index contributed by atoms with van der Waals surface area (Å²) in [5.74, 6) is 0. The predicted octanol–water partition coefficient (Wildman–Crippen LogP) is 3.21. The van der Waals surface area contributed by atoms with Crippen molar-refractivity contribution in [3.8, 4) is 0 Å². The van der Waals surface area contributed by atoms with E-state index in [0.29, 0.717) is 0 Å². The quantitative estimate of drug-likeness (QED) is 0.807.